The minimum absolute atomic E-state index is 0.00375. The minimum Gasteiger partial charge on any atom is -0.395 e. The Labute approximate surface area is 107 Å². The summed E-state index contributed by atoms with van der Waals surface area (Å²) in [6, 6.07) is -0.0982. The lowest BCUT2D eigenvalue weighted by molar-refractivity contribution is -0.137. The van der Waals surface area contributed by atoms with Crippen LogP contribution in [-0.4, -0.2) is 60.1 Å². The molecular formula is C12H21N3O3. The van der Waals surface area contributed by atoms with E-state index in [9.17, 15) is 9.59 Å². The normalized spacial score (nSPS) is 24.9. The molecule has 0 radical (unpaired) electrons. The summed E-state index contributed by atoms with van der Waals surface area (Å²) in [5.74, 6) is -0.0791. The topological polar surface area (TPSA) is 81.7 Å². The maximum Gasteiger partial charge on any atom is 0.241 e. The van der Waals surface area contributed by atoms with Crippen molar-refractivity contribution in [1.29, 1.82) is 0 Å². The highest BCUT2D eigenvalue weighted by Gasteiger charge is 2.32. The van der Waals surface area contributed by atoms with Crippen LogP contribution in [0.4, 0.5) is 0 Å². The summed E-state index contributed by atoms with van der Waals surface area (Å²) in [7, 11) is 0. The van der Waals surface area contributed by atoms with E-state index in [1.807, 2.05) is 0 Å². The molecule has 3 N–H and O–H groups in total. The van der Waals surface area contributed by atoms with Crippen LogP contribution in [0.5, 0.6) is 0 Å². The van der Waals surface area contributed by atoms with Gasteiger partial charge in [-0.15, -0.1) is 0 Å². The maximum absolute atomic E-state index is 12.4. The summed E-state index contributed by atoms with van der Waals surface area (Å²) < 4.78 is 0. The number of hydrogen-bond acceptors (Lipinski definition) is 4. The average molecular weight is 255 g/mol. The SMILES string of the molecule is O=C1CNC(C(=O)N(CCO)C2CCCC2)CN1. The van der Waals surface area contributed by atoms with Crippen LogP contribution in [-0.2, 0) is 9.59 Å². The lowest BCUT2D eigenvalue weighted by Crippen LogP contribution is -2.60. The van der Waals surface area contributed by atoms with Crippen molar-refractivity contribution in [3.63, 3.8) is 0 Å². The highest BCUT2D eigenvalue weighted by molar-refractivity contribution is 5.87. The molecule has 1 heterocycles. The Bertz CT molecular complexity index is 306. The molecule has 0 spiro atoms. The molecule has 1 atom stereocenters. The molecule has 0 bridgehead atoms. The Balaban J connectivity index is 1.96. The van der Waals surface area contributed by atoms with Crippen LogP contribution < -0.4 is 10.6 Å². The molecule has 2 aliphatic rings. The van der Waals surface area contributed by atoms with Gasteiger partial charge in [-0.1, -0.05) is 12.8 Å². The number of nitrogens with zero attached hydrogens (tertiary/aromatic N) is 1. The molecule has 0 aromatic rings. The fourth-order valence-corrected chi connectivity index (χ4v) is 2.74. The van der Waals surface area contributed by atoms with Crippen molar-refractivity contribution in [2.75, 3.05) is 26.2 Å². The van der Waals surface area contributed by atoms with Crippen LogP contribution in [0.15, 0.2) is 0 Å². The molecule has 6 heteroatoms. The van der Waals surface area contributed by atoms with Crippen molar-refractivity contribution >= 4 is 11.8 Å². The zero-order valence-electron chi connectivity index (χ0n) is 10.5. The zero-order valence-corrected chi connectivity index (χ0v) is 10.5. The van der Waals surface area contributed by atoms with Crippen LogP contribution in [0.25, 0.3) is 0 Å². The molecule has 1 aliphatic carbocycles. The smallest absolute Gasteiger partial charge is 0.241 e. The fourth-order valence-electron chi connectivity index (χ4n) is 2.74. The van der Waals surface area contributed by atoms with E-state index in [0.717, 1.165) is 25.7 Å². The van der Waals surface area contributed by atoms with E-state index >= 15 is 0 Å². The Morgan fingerprint density at radius 2 is 2.11 bits per heavy atom. The largest absolute Gasteiger partial charge is 0.395 e. The van der Waals surface area contributed by atoms with Gasteiger partial charge in [-0.05, 0) is 12.8 Å². The minimum atomic E-state index is -0.352. The van der Waals surface area contributed by atoms with E-state index in [4.69, 9.17) is 5.11 Å². The Morgan fingerprint density at radius 3 is 2.67 bits per heavy atom. The van der Waals surface area contributed by atoms with Gasteiger partial charge in [0.2, 0.25) is 11.8 Å². The number of amides is 2. The Kier molecular flexibility index (Phi) is 4.54. The summed E-state index contributed by atoms with van der Waals surface area (Å²) in [5, 5.41) is 14.7. The third kappa shape index (κ3) is 3.00. The number of aliphatic hydroxyl groups is 1. The second-order valence-corrected chi connectivity index (χ2v) is 4.93. The van der Waals surface area contributed by atoms with Gasteiger partial charge in [0.25, 0.3) is 0 Å². The molecule has 6 nitrogen and oxygen atoms in total. The molecule has 1 aliphatic heterocycles. The molecule has 2 fully saturated rings. The first-order chi connectivity index (χ1) is 8.72. The second-order valence-electron chi connectivity index (χ2n) is 4.93. The predicted octanol–water partition coefficient (Wildman–Crippen LogP) is -1.16. The third-order valence-electron chi connectivity index (χ3n) is 3.70. The summed E-state index contributed by atoms with van der Waals surface area (Å²) in [6.07, 6.45) is 4.33. The van der Waals surface area contributed by atoms with Crippen LogP contribution in [0.2, 0.25) is 0 Å². The molecular weight excluding hydrogens is 234 g/mol. The van der Waals surface area contributed by atoms with E-state index in [1.54, 1.807) is 4.90 Å². The maximum atomic E-state index is 12.4. The van der Waals surface area contributed by atoms with Crippen molar-refractivity contribution in [3.8, 4) is 0 Å². The van der Waals surface area contributed by atoms with Gasteiger partial charge in [0.15, 0.2) is 0 Å². The number of piperazine rings is 1. The third-order valence-corrected chi connectivity index (χ3v) is 3.70. The van der Waals surface area contributed by atoms with Crippen LogP contribution >= 0.6 is 0 Å². The predicted molar refractivity (Wildman–Crippen MR) is 65.9 cm³/mol. The van der Waals surface area contributed by atoms with Crippen LogP contribution in [0.3, 0.4) is 0 Å². The monoisotopic (exact) mass is 255 g/mol. The molecule has 2 rings (SSSR count). The number of rotatable bonds is 4. The summed E-state index contributed by atoms with van der Waals surface area (Å²) in [6.45, 7) is 0.900. The van der Waals surface area contributed by atoms with Crippen LogP contribution in [0, 0.1) is 0 Å². The molecule has 0 aromatic heterocycles. The van der Waals surface area contributed by atoms with Gasteiger partial charge in [0, 0.05) is 19.1 Å². The van der Waals surface area contributed by atoms with E-state index in [0.29, 0.717) is 13.1 Å². The first-order valence-electron chi connectivity index (χ1n) is 6.64. The second kappa shape index (κ2) is 6.15. The Morgan fingerprint density at radius 1 is 1.39 bits per heavy atom. The van der Waals surface area contributed by atoms with Gasteiger partial charge >= 0.3 is 0 Å². The van der Waals surface area contributed by atoms with Crippen molar-refractivity contribution in [3.05, 3.63) is 0 Å². The van der Waals surface area contributed by atoms with Gasteiger partial charge in [-0.25, -0.2) is 0 Å². The molecule has 1 saturated heterocycles. The average Bonchev–Trinajstić information content (AvgIpc) is 2.90. The lowest BCUT2D eigenvalue weighted by Gasteiger charge is -2.33. The lowest BCUT2D eigenvalue weighted by atomic mass is 10.1. The van der Waals surface area contributed by atoms with Crippen molar-refractivity contribution in [2.45, 2.75) is 37.8 Å². The van der Waals surface area contributed by atoms with E-state index in [1.165, 1.54) is 0 Å². The van der Waals surface area contributed by atoms with Crippen LogP contribution in [0.1, 0.15) is 25.7 Å². The molecule has 18 heavy (non-hydrogen) atoms. The highest BCUT2D eigenvalue weighted by atomic mass is 16.3. The van der Waals surface area contributed by atoms with E-state index in [2.05, 4.69) is 10.6 Å². The highest BCUT2D eigenvalue weighted by Crippen LogP contribution is 2.23. The molecule has 2 amide bonds. The summed E-state index contributed by atoms with van der Waals surface area (Å²) in [4.78, 5) is 25.2. The number of nitrogens with one attached hydrogen (secondary N) is 2. The zero-order chi connectivity index (χ0) is 13.0. The number of carbonyl (C=O) groups excluding carboxylic acids is 2. The quantitative estimate of drug-likeness (QED) is 0.592. The Hall–Kier alpha value is -1.14. The number of aliphatic hydroxyl groups excluding tert-OH is 1. The molecule has 1 unspecified atom stereocenters. The summed E-state index contributed by atoms with van der Waals surface area (Å²) in [5.41, 5.74) is 0. The number of hydrogen-bond donors (Lipinski definition) is 3. The molecule has 102 valence electrons. The first-order valence-corrected chi connectivity index (χ1v) is 6.64. The van der Waals surface area contributed by atoms with Gasteiger partial charge in [0.1, 0.15) is 6.04 Å². The van der Waals surface area contributed by atoms with Gasteiger partial charge in [0.05, 0.1) is 13.2 Å². The van der Waals surface area contributed by atoms with E-state index in [-0.39, 0.29) is 37.0 Å². The van der Waals surface area contributed by atoms with Crippen molar-refractivity contribution in [2.24, 2.45) is 0 Å². The van der Waals surface area contributed by atoms with Crippen molar-refractivity contribution < 1.29 is 14.7 Å². The van der Waals surface area contributed by atoms with Crippen molar-refractivity contribution in [1.82, 2.24) is 15.5 Å². The van der Waals surface area contributed by atoms with Gasteiger partial charge in [-0.3, -0.25) is 14.9 Å². The summed E-state index contributed by atoms with van der Waals surface area (Å²) >= 11 is 0. The molecule has 0 aromatic carbocycles. The van der Waals surface area contributed by atoms with Gasteiger partial charge < -0.3 is 15.3 Å². The van der Waals surface area contributed by atoms with E-state index < -0.39 is 0 Å². The number of carbonyl (C=O) groups is 2. The first kappa shape index (κ1) is 13.3. The van der Waals surface area contributed by atoms with Gasteiger partial charge in [-0.2, -0.15) is 0 Å². The molecule has 1 saturated carbocycles. The standard InChI is InChI=1S/C12H21N3O3/c16-6-5-15(9-3-1-2-4-9)12(18)10-7-14-11(17)8-13-10/h9-10,13,16H,1-8H2,(H,14,17). The fraction of sp³-hybridized carbons (Fsp3) is 0.833.